The Labute approximate surface area is 101 Å². The van der Waals surface area contributed by atoms with E-state index in [9.17, 15) is 5.11 Å². The molecule has 0 aliphatic heterocycles. The van der Waals surface area contributed by atoms with E-state index in [1.165, 1.54) is 55.6 Å². The Morgan fingerprint density at radius 1 is 1.06 bits per heavy atom. The Kier molecular flexibility index (Phi) is 2.99. The van der Waals surface area contributed by atoms with Gasteiger partial charge in [0.1, 0.15) is 0 Å². The molecule has 2 saturated carbocycles. The van der Waals surface area contributed by atoms with Crippen LogP contribution in [0, 0.1) is 0 Å². The van der Waals surface area contributed by atoms with Crippen LogP contribution >= 0.6 is 11.3 Å². The smallest absolute Gasteiger partial charge is 0.0963 e. The molecule has 0 saturated heterocycles. The van der Waals surface area contributed by atoms with Crippen molar-refractivity contribution in [3.05, 3.63) is 15.6 Å². The fraction of sp³-hybridized carbons (Fsp3) is 0.769. The van der Waals surface area contributed by atoms with E-state index in [0.717, 1.165) is 4.88 Å². The lowest BCUT2D eigenvalue weighted by Gasteiger charge is -2.18. The normalized spacial score (nSPS) is 22.6. The number of nitrogens with zero attached hydrogens (tertiary/aromatic N) is 1. The van der Waals surface area contributed by atoms with Crippen molar-refractivity contribution >= 4 is 11.3 Å². The van der Waals surface area contributed by atoms with Crippen LogP contribution in [-0.2, 0) is 6.61 Å². The van der Waals surface area contributed by atoms with Gasteiger partial charge in [-0.25, -0.2) is 4.98 Å². The third kappa shape index (κ3) is 2.03. The Balaban J connectivity index is 1.83. The number of aliphatic hydroxyl groups excluding tert-OH is 1. The summed E-state index contributed by atoms with van der Waals surface area (Å²) in [6.07, 6.45) is 9.28. The minimum Gasteiger partial charge on any atom is -0.391 e. The summed E-state index contributed by atoms with van der Waals surface area (Å²) in [7, 11) is 0. The Morgan fingerprint density at radius 2 is 1.81 bits per heavy atom. The highest BCUT2D eigenvalue weighted by molar-refractivity contribution is 7.11. The van der Waals surface area contributed by atoms with E-state index in [1.807, 2.05) is 0 Å². The van der Waals surface area contributed by atoms with Crippen molar-refractivity contribution in [2.75, 3.05) is 0 Å². The summed E-state index contributed by atoms with van der Waals surface area (Å²) >= 11 is 1.77. The second-order valence-corrected chi connectivity index (χ2v) is 6.24. The summed E-state index contributed by atoms with van der Waals surface area (Å²) in [6, 6.07) is 0. The molecule has 0 amide bonds. The van der Waals surface area contributed by atoms with Gasteiger partial charge in [-0.2, -0.15) is 0 Å². The van der Waals surface area contributed by atoms with Crippen molar-refractivity contribution in [2.45, 2.75) is 63.4 Å². The van der Waals surface area contributed by atoms with Crippen LogP contribution in [-0.4, -0.2) is 10.1 Å². The summed E-state index contributed by atoms with van der Waals surface area (Å²) in [5, 5.41) is 10.7. The molecule has 3 rings (SSSR count). The Morgan fingerprint density at radius 3 is 2.44 bits per heavy atom. The quantitative estimate of drug-likeness (QED) is 0.872. The van der Waals surface area contributed by atoms with Crippen molar-refractivity contribution in [3.63, 3.8) is 0 Å². The largest absolute Gasteiger partial charge is 0.391 e. The third-order valence-electron chi connectivity index (χ3n) is 3.81. The van der Waals surface area contributed by atoms with E-state index in [0.29, 0.717) is 11.8 Å². The van der Waals surface area contributed by atoms with E-state index in [4.69, 9.17) is 4.98 Å². The molecule has 0 spiro atoms. The lowest BCUT2D eigenvalue weighted by molar-refractivity contribution is 0.284. The van der Waals surface area contributed by atoms with Crippen LogP contribution in [0.1, 0.15) is 72.4 Å². The van der Waals surface area contributed by atoms with E-state index < -0.39 is 0 Å². The van der Waals surface area contributed by atoms with Crippen molar-refractivity contribution < 1.29 is 5.11 Å². The molecule has 88 valence electrons. The summed E-state index contributed by atoms with van der Waals surface area (Å²) in [5.74, 6) is 1.37. The SMILES string of the molecule is OCc1sc(C2CCCCC2)nc1C1CC1. The summed E-state index contributed by atoms with van der Waals surface area (Å²) < 4.78 is 0. The van der Waals surface area contributed by atoms with Crippen molar-refractivity contribution in [1.29, 1.82) is 0 Å². The van der Waals surface area contributed by atoms with Gasteiger partial charge >= 0.3 is 0 Å². The number of hydrogen-bond acceptors (Lipinski definition) is 3. The average molecular weight is 237 g/mol. The van der Waals surface area contributed by atoms with Gasteiger partial charge in [0, 0.05) is 11.8 Å². The first-order chi connectivity index (χ1) is 7.88. The topological polar surface area (TPSA) is 33.1 Å². The van der Waals surface area contributed by atoms with Gasteiger partial charge < -0.3 is 5.11 Å². The second kappa shape index (κ2) is 4.46. The molecule has 2 aliphatic carbocycles. The fourth-order valence-corrected chi connectivity index (χ4v) is 3.88. The van der Waals surface area contributed by atoms with Crippen LogP contribution in [0.4, 0.5) is 0 Å². The second-order valence-electron chi connectivity index (χ2n) is 5.13. The molecular weight excluding hydrogens is 218 g/mol. The van der Waals surface area contributed by atoms with Crippen molar-refractivity contribution in [2.24, 2.45) is 0 Å². The summed E-state index contributed by atoms with van der Waals surface area (Å²) in [5.41, 5.74) is 1.23. The molecule has 2 fully saturated rings. The predicted octanol–water partition coefficient (Wildman–Crippen LogP) is 3.56. The Hall–Kier alpha value is -0.410. The maximum atomic E-state index is 9.38. The number of aliphatic hydroxyl groups is 1. The summed E-state index contributed by atoms with van der Waals surface area (Å²) in [6.45, 7) is 0.191. The third-order valence-corrected chi connectivity index (χ3v) is 5.02. The zero-order valence-electron chi connectivity index (χ0n) is 9.61. The number of thiazole rings is 1. The number of hydrogen-bond donors (Lipinski definition) is 1. The first-order valence-corrected chi connectivity index (χ1v) is 7.30. The lowest BCUT2D eigenvalue weighted by atomic mass is 9.90. The molecule has 1 heterocycles. The van der Waals surface area contributed by atoms with Gasteiger partial charge in [-0.15, -0.1) is 11.3 Å². The molecule has 3 heteroatoms. The van der Waals surface area contributed by atoms with Gasteiger partial charge in [-0.1, -0.05) is 19.3 Å². The van der Waals surface area contributed by atoms with E-state index in [-0.39, 0.29) is 6.61 Å². The zero-order chi connectivity index (χ0) is 11.0. The minimum atomic E-state index is 0.191. The van der Waals surface area contributed by atoms with Crippen LogP contribution in [0.15, 0.2) is 0 Å². The molecule has 1 aromatic heterocycles. The van der Waals surface area contributed by atoms with Crippen LogP contribution in [0.3, 0.4) is 0 Å². The molecule has 0 atom stereocenters. The van der Waals surface area contributed by atoms with Gasteiger partial charge in [0.05, 0.1) is 22.2 Å². The van der Waals surface area contributed by atoms with Gasteiger partial charge in [0.15, 0.2) is 0 Å². The highest BCUT2D eigenvalue weighted by Crippen LogP contribution is 2.45. The first-order valence-electron chi connectivity index (χ1n) is 6.49. The fourth-order valence-electron chi connectivity index (χ4n) is 2.70. The van der Waals surface area contributed by atoms with Crippen LogP contribution in [0.5, 0.6) is 0 Å². The molecule has 1 aromatic rings. The molecule has 0 aromatic carbocycles. The van der Waals surface area contributed by atoms with Gasteiger partial charge in [-0.05, 0) is 25.7 Å². The van der Waals surface area contributed by atoms with Crippen LogP contribution in [0.25, 0.3) is 0 Å². The molecule has 0 unspecified atom stereocenters. The average Bonchev–Trinajstić information content (AvgIpc) is 3.10. The standard InChI is InChI=1S/C13H19NOS/c15-8-11-12(9-6-7-9)14-13(16-11)10-4-2-1-3-5-10/h9-10,15H,1-8H2. The molecule has 2 aliphatic rings. The van der Waals surface area contributed by atoms with Gasteiger partial charge in [0.2, 0.25) is 0 Å². The molecule has 16 heavy (non-hydrogen) atoms. The van der Waals surface area contributed by atoms with Gasteiger partial charge in [0.25, 0.3) is 0 Å². The molecule has 2 nitrogen and oxygen atoms in total. The molecule has 0 radical (unpaired) electrons. The highest BCUT2D eigenvalue weighted by Gasteiger charge is 2.30. The van der Waals surface area contributed by atoms with Crippen LogP contribution in [0.2, 0.25) is 0 Å². The monoisotopic (exact) mass is 237 g/mol. The van der Waals surface area contributed by atoms with Crippen molar-refractivity contribution in [1.82, 2.24) is 4.98 Å². The van der Waals surface area contributed by atoms with Crippen LogP contribution < -0.4 is 0 Å². The minimum absolute atomic E-state index is 0.191. The lowest BCUT2D eigenvalue weighted by Crippen LogP contribution is -2.04. The van der Waals surface area contributed by atoms with E-state index in [2.05, 4.69) is 0 Å². The van der Waals surface area contributed by atoms with E-state index in [1.54, 1.807) is 11.3 Å². The highest BCUT2D eigenvalue weighted by atomic mass is 32.1. The number of rotatable bonds is 3. The molecule has 0 bridgehead atoms. The first kappa shape index (κ1) is 10.7. The maximum absolute atomic E-state index is 9.38. The zero-order valence-corrected chi connectivity index (χ0v) is 10.4. The summed E-state index contributed by atoms with van der Waals surface area (Å²) in [4.78, 5) is 5.97. The van der Waals surface area contributed by atoms with E-state index >= 15 is 0 Å². The van der Waals surface area contributed by atoms with Crippen molar-refractivity contribution in [3.8, 4) is 0 Å². The maximum Gasteiger partial charge on any atom is 0.0963 e. The molecular formula is C13H19NOS. The Bertz CT molecular complexity index is 364. The van der Waals surface area contributed by atoms with Gasteiger partial charge in [-0.3, -0.25) is 0 Å². The molecule has 1 N–H and O–H groups in total. The predicted molar refractivity (Wildman–Crippen MR) is 65.8 cm³/mol. The number of aromatic nitrogens is 1.